The van der Waals surface area contributed by atoms with Crippen molar-refractivity contribution in [3.63, 3.8) is 0 Å². The Kier molecular flexibility index (Phi) is 19.6. The van der Waals surface area contributed by atoms with E-state index in [1.807, 2.05) is 37.3 Å². The van der Waals surface area contributed by atoms with Crippen LogP contribution in [0.15, 0.2) is 59.6 Å². The molecule has 7 atom stereocenters. The molecule has 12 N–H and O–H groups in total. The number of guanidine groups is 1. The Morgan fingerprint density at radius 2 is 1.58 bits per heavy atom. The minimum absolute atomic E-state index is 0.0273. The Labute approximate surface area is 347 Å². The van der Waals surface area contributed by atoms with E-state index in [-0.39, 0.29) is 43.4 Å². The fourth-order valence-electron chi connectivity index (χ4n) is 6.58. The molecular weight excluding hydrogens is 757 g/mol. The van der Waals surface area contributed by atoms with Gasteiger partial charge >= 0.3 is 0 Å². The summed E-state index contributed by atoms with van der Waals surface area (Å²) in [6, 6.07) is 9.42. The number of amides is 6. The van der Waals surface area contributed by atoms with E-state index in [0.717, 1.165) is 11.1 Å². The number of nitrogens with two attached hydrogens (primary N) is 3. The normalized spacial score (nSPS) is 22.6. The quantitative estimate of drug-likeness (QED) is 0.0722. The molecule has 0 spiro atoms. The van der Waals surface area contributed by atoms with Crippen molar-refractivity contribution in [3.05, 3.63) is 65.7 Å². The highest BCUT2D eigenvalue weighted by Gasteiger charge is 2.36. The van der Waals surface area contributed by atoms with Crippen LogP contribution >= 0.6 is 0 Å². The average molecular weight is 821 g/mol. The standard InChI is InChI=1S/C42H64N10O7/c1-5-26(2)35-40(58)49-33(22-19-28-17-20-30(53)21-18-28)41(59)52(4)27(3)36(54)50-34(25-29-13-7-6-8-14-29)38(56)46-23-12-10-16-32(39(57)51-35)48-37(55)31(43)15-9-11-24-47-42(44)45/h6-8,13-14,17-18,20-21,26-27,31-35,53H,5,9-12,15-16,19,22-25,43H2,1-4H3,(H,46,56)(H,48,55)(H,49,58)(H,50,54)(H,51,57)(H4,44,45,47)/t26-,27-,31-,32?,33?,34-,35-/m0/s1. The van der Waals surface area contributed by atoms with E-state index >= 15 is 0 Å². The van der Waals surface area contributed by atoms with Crippen molar-refractivity contribution in [1.29, 1.82) is 0 Å². The first-order valence-corrected chi connectivity index (χ1v) is 20.5. The topological polar surface area (TPSA) is 276 Å². The number of nitrogens with one attached hydrogen (secondary N) is 5. The molecule has 1 fully saturated rings. The molecule has 0 aromatic heterocycles. The lowest BCUT2D eigenvalue weighted by atomic mass is 9.96. The molecule has 0 bridgehead atoms. The van der Waals surface area contributed by atoms with E-state index in [1.165, 1.54) is 24.1 Å². The molecule has 324 valence electrons. The van der Waals surface area contributed by atoms with Gasteiger partial charge in [0, 0.05) is 26.6 Å². The number of phenols is 1. The number of aryl methyl sites for hydroxylation is 1. The molecule has 17 heteroatoms. The summed E-state index contributed by atoms with van der Waals surface area (Å²) in [6.45, 7) is 5.81. The van der Waals surface area contributed by atoms with Gasteiger partial charge in [0.15, 0.2) is 5.96 Å². The number of hydrogen-bond donors (Lipinski definition) is 9. The highest BCUT2D eigenvalue weighted by atomic mass is 16.3. The van der Waals surface area contributed by atoms with Crippen LogP contribution < -0.4 is 43.8 Å². The number of aliphatic imine (C=N–C) groups is 1. The second-order valence-corrected chi connectivity index (χ2v) is 15.3. The van der Waals surface area contributed by atoms with E-state index in [1.54, 1.807) is 26.0 Å². The van der Waals surface area contributed by atoms with Crippen molar-refractivity contribution >= 4 is 41.4 Å². The Morgan fingerprint density at radius 3 is 2.24 bits per heavy atom. The van der Waals surface area contributed by atoms with Gasteiger partial charge in [0.25, 0.3) is 0 Å². The fraction of sp³-hybridized carbons (Fsp3) is 0.548. The number of nitrogens with zero attached hydrogens (tertiary/aromatic N) is 2. The number of aromatic hydroxyl groups is 1. The Hall–Kier alpha value is -5.71. The zero-order valence-electron chi connectivity index (χ0n) is 34.7. The molecule has 1 aliphatic rings. The summed E-state index contributed by atoms with van der Waals surface area (Å²) < 4.78 is 0. The van der Waals surface area contributed by atoms with Crippen LogP contribution in [0.3, 0.4) is 0 Å². The molecule has 0 radical (unpaired) electrons. The maximum atomic E-state index is 14.2. The molecule has 1 aliphatic heterocycles. The third-order valence-electron chi connectivity index (χ3n) is 10.7. The third kappa shape index (κ3) is 15.9. The van der Waals surface area contributed by atoms with Gasteiger partial charge in [0.1, 0.15) is 36.0 Å². The zero-order chi connectivity index (χ0) is 43.5. The summed E-state index contributed by atoms with van der Waals surface area (Å²) in [7, 11) is 1.46. The number of carbonyl (C=O) groups is 6. The van der Waals surface area contributed by atoms with Crippen molar-refractivity contribution < 1.29 is 33.9 Å². The summed E-state index contributed by atoms with van der Waals surface area (Å²) in [5.41, 5.74) is 18.6. The van der Waals surface area contributed by atoms with Crippen LogP contribution in [-0.4, -0.2) is 108 Å². The van der Waals surface area contributed by atoms with Crippen molar-refractivity contribution in [2.24, 2.45) is 28.1 Å². The highest BCUT2D eigenvalue weighted by Crippen LogP contribution is 2.16. The molecule has 0 aliphatic carbocycles. The minimum atomic E-state index is -1.13. The first-order valence-electron chi connectivity index (χ1n) is 20.5. The lowest BCUT2D eigenvalue weighted by molar-refractivity contribution is -0.142. The van der Waals surface area contributed by atoms with Crippen molar-refractivity contribution in [1.82, 2.24) is 31.5 Å². The van der Waals surface area contributed by atoms with Crippen molar-refractivity contribution in [2.75, 3.05) is 20.1 Å². The summed E-state index contributed by atoms with van der Waals surface area (Å²) in [5.74, 6) is -3.64. The minimum Gasteiger partial charge on any atom is -0.508 e. The van der Waals surface area contributed by atoms with E-state index in [4.69, 9.17) is 17.2 Å². The van der Waals surface area contributed by atoms with E-state index in [9.17, 15) is 33.9 Å². The number of rotatable bonds is 14. The smallest absolute Gasteiger partial charge is 0.245 e. The maximum absolute atomic E-state index is 14.2. The van der Waals surface area contributed by atoms with E-state index in [0.29, 0.717) is 51.5 Å². The van der Waals surface area contributed by atoms with E-state index < -0.39 is 71.7 Å². The summed E-state index contributed by atoms with van der Waals surface area (Å²) >= 11 is 0. The zero-order valence-corrected chi connectivity index (χ0v) is 34.7. The van der Waals surface area contributed by atoms with Gasteiger partial charge in [0.05, 0.1) is 6.04 Å². The highest BCUT2D eigenvalue weighted by molar-refractivity contribution is 5.96. The van der Waals surface area contributed by atoms with Gasteiger partial charge in [-0.3, -0.25) is 33.8 Å². The van der Waals surface area contributed by atoms with Crippen LogP contribution in [-0.2, 0) is 41.6 Å². The predicted molar refractivity (Wildman–Crippen MR) is 225 cm³/mol. The molecule has 1 heterocycles. The molecule has 2 aromatic carbocycles. The molecule has 2 unspecified atom stereocenters. The number of unbranched alkanes of at least 4 members (excludes halogenated alkanes) is 1. The predicted octanol–water partition coefficient (Wildman–Crippen LogP) is 0.471. The van der Waals surface area contributed by atoms with Crippen molar-refractivity contribution in [3.8, 4) is 5.75 Å². The van der Waals surface area contributed by atoms with Crippen LogP contribution in [0.25, 0.3) is 0 Å². The SMILES string of the molecule is CC[C@H](C)[C@@H]1NC(=O)C(NC(=O)[C@@H](N)CCCCN=C(N)N)CCCCNC(=O)[C@H](Cc2ccccc2)NC(=O)[C@H](C)N(C)C(=O)C(CCc2ccc(O)cc2)NC1=O. The lowest BCUT2D eigenvalue weighted by Crippen LogP contribution is -2.60. The number of hydrogen-bond acceptors (Lipinski definition) is 9. The summed E-state index contributed by atoms with van der Waals surface area (Å²) in [6.07, 6.45) is 3.61. The van der Waals surface area contributed by atoms with Gasteiger partial charge in [-0.2, -0.15) is 0 Å². The summed E-state index contributed by atoms with van der Waals surface area (Å²) in [4.78, 5) is 88.3. The average Bonchev–Trinajstić information content (AvgIpc) is 3.22. The molecule has 6 amide bonds. The van der Waals surface area contributed by atoms with Gasteiger partial charge in [-0.15, -0.1) is 0 Å². The number of benzene rings is 2. The largest absolute Gasteiger partial charge is 0.508 e. The summed E-state index contributed by atoms with van der Waals surface area (Å²) in [5, 5.41) is 24.0. The van der Waals surface area contributed by atoms with Crippen molar-refractivity contribution in [2.45, 2.75) is 121 Å². The van der Waals surface area contributed by atoms with Crippen LogP contribution in [0.4, 0.5) is 0 Å². The lowest BCUT2D eigenvalue weighted by Gasteiger charge is -2.32. The number of phenolic OH excluding ortho intramolecular Hbond substituents is 1. The van der Waals surface area contributed by atoms with Crippen LogP contribution in [0.2, 0.25) is 0 Å². The molecule has 1 saturated heterocycles. The van der Waals surface area contributed by atoms with Gasteiger partial charge < -0.3 is 53.8 Å². The molecule has 3 rings (SSSR count). The second kappa shape index (κ2) is 24.3. The number of likely N-dealkylation sites (N-methyl/N-ethyl adjacent to an activating group) is 1. The molecule has 0 saturated carbocycles. The monoisotopic (exact) mass is 820 g/mol. The first-order chi connectivity index (χ1) is 28.1. The van der Waals surface area contributed by atoms with Gasteiger partial charge in [-0.05, 0) is 87.5 Å². The van der Waals surface area contributed by atoms with E-state index in [2.05, 4.69) is 31.6 Å². The Morgan fingerprint density at radius 1 is 0.898 bits per heavy atom. The molecule has 2 aromatic rings. The molecule has 17 nitrogen and oxygen atoms in total. The van der Waals surface area contributed by atoms with Gasteiger partial charge in [0.2, 0.25) is 35.4 Å². The Bertz CT molecular complexity index is 1720. The fourth-order valence-corrected chi connectivity index (χ4v) is 6.58. The van der Waals surface area contributed by atoms with Crippen LogP contribution in [0.5, 0.6) is 5.75 Å². The maximum Gasteiger partial charge on any atom is 0.245 e. The second-order valence-electron chi connectivity index (χ2n) is 15.3. The Balaban J connectivity index is 1.95. The molecular formula is C42H64N10O7. The van der Waals surface area contributed by atoms with Crippen LogP contribution in [0.1, 0.15) is 83.3 Å². The number of carbonyl (C=O) groups excluding carboxylic acids is 6. The third-order valence-corrected chi connectivity index (χ3v) is 10.7. The molecule has 59 heavy (non-hydrogen) atoms. The van der Waals surface area contributed by atoms with Gasteiger partial charge in [-0.1, -0.05) is 62.7 Å². The first kappa shape index (κ1) is 47.7. The van der Waals surface area contributed by atoms with Crippen LogP contribution in [0, 0.1) is 5.92 Å². The van der Waals surface area contributed by atoms with Gasteiger partial charge in [-0.25, -0.2) is 0 Å².